The van der Waals surface area contributed by atoms with Gasteiger partial charge in [0.1, 0.15) is 12.3 Å². The van der Waals surface area contributed by atoms with E-state index in [0.29, 0.717) is 30.7 Å². The number of hydrogen-bond donors (Lipinski definition) is 0. The van der Waals surface area contributed by atoms with Gasteiger partial charge in [-0.3, -0.25) is 14.2 Å². The first kappa shape index (κ1) is 24.3. The summed E-state index contributed by atoms with van der Waals surface area (Å²) in [5.74, 6) is 1.51. The summed E-state index contributed by atoms with van der Waals surface area (Å²) in [7, 11) is 1.62. The zero-order chi connectivity index (χ0) is 23.5. The Kier molecular flexibility index (Phi) is 7.68. The van der Waals surface area contributed by atoms with Crippen molar-refractivity contribution in [1.82, 2.24) is 9.47 Å². The molecule has 1 aromatic carbocycles. The van der Waals surface area contributed by atoms with Gasteiger partial charge in [-0.1, -0.05) is 47.5 Å². The molecule has 0 aliphatic heterocycles. The number of ether oxygens (including phenoxy) is 1. The Morgan fingerprint density at radius 3 is 2.47 bits per heavy atom. The van der Waals surface area contributed by atoms with Crippen LogP contribution in [0.15, 0.2) is 29.1 Å². The molecule has 2 aromatic rings. The predicted octanol–water partition coefficient (Wildman–Crippen LogP) is 5.59. The molecule has 176 valence electrons. The topological polar surface area (TPSA) is 51.5 Å². The van der Waals surface area contributed by atoms with E-state index < -0.39 is 0 Å². The molecule has 32 heavy (non-hydrogen) atoms. The number of methoxy groups -OCH3 is 1. The molecule has 5 nitrogen and oxygen atoms in total. The number of nitrogens with zero attached hydrogens (tertiary/aromatic N) is 2. The van der Waals surface area contributed by atoms with Gasteiger partial charge in [-0.05, 0) is 60.1 Å². The average Bonchev–Trinajstić information content (AvgIpc) is 3.26. The Balaban J connectivity index is 2.03. The maximum absolute atomic E-state index is 13.6. The first-order valence-electron chi connectivity index (χ1n) is 12.1. The number of aromatic nitrogens is 1. The van der Waals surface area contributed by atoms with Crippen LogP contribution in [0, 0.1) is 11.3 Å². The summed E-state index contributed by atoms with van der Waals surface area (Å²) in [4.78, 5) is 29.1. The second-order valence-corrected chi connectivity index (χ2v) is 11.0. The van der Waals surface area contributed by atoms with Crippen LogP contribution in [-0.2, 0) is 11.3 Å². The number of rotatable bonds is 8. The van der Waals surface area contributed by atoms with Gasteiger partial charge < -0.3 is 9.64 Å². The minimum atomic E-state index is -0.0226. The fraction of sp³-hybridized carbons (Fsp3) is 0.630. The van der Waals surface area contributed by atoms with Crippen LogP contribution in [0.5, 0.6) is 5.75 Å². The Hall–Kier alpha value is -2.30. The van der Waals surface area contributed by atoms with Crippen LogP contribution in [-0.4, -0.2) is 35.6 Å². The Morgan fingerprint density at radius 2 is 1.88 bits per heavy atom. The molecular formula is C27H40N2O3. The Bertz CT molecular complexity index is 994. The van der Waals surface area contributed by atoms with E-state index in [9.17, 15) is 9.59 Å². The lowest BCUT2D eigenvalue weighted by Gasteiger charge is -2.31. The molecule has 1 aliphatic rings. The highest BCUT2D eigenvalue weighted by Crippen LogP contribution is 2.34. The molecule has 1 aliphatic carbocycles. The van der Waals surface area contributed by atoms with Gasteiger partial charge in [-0.2, -0.15) is 0 Å². The Labute approximate surface area is 192 Å². The SMILES string of the molecule is COc1ccc2cc(C3CCCC3)c(=O)n(CC(=O)N(CCC(C)C)CC(C)(C)C)c2c1. The number of carbonyl (C=O) groups excluding carboxylic acids is 1. The first-order chi connectivity index (χ1) is 15.1. The molecule has 0 atom stereocenters. The maximum Gasteiger partial charge on any atom is 0.255 e. The van der Waals surface area contributed by atoms with Gasteiger partial charge in [0, 0.05) is 24.7 Å². The Morgan fingerprint density at radius 1 is 1.19 bits per heavy atom. The summed E-state index contributed by atoms with van der Waals surface area (Å²) < 4.78 is 7.11. The second kappa shape index (κ2) is 10.1. The molecule has 1 aromatic heterocycles. The van der Waals surface area contributed by atoms with Gasteiger partial charge in [0.25, 0.3) is 5.56 Å². The van der Waals surface area contributed by atoms with Crippen molar-refractivity contribution in [2.45, 2.75) is 79.2 Å². The molecular weight excluding hydrogens is 400 g/mol. The van der Waals surface area contributed by atoms with Gasteiger partial charge in [0.05, 0.1) is 12.6 Å². The van der Waals surface area contributed by atoms with E-state index in [0.717, 1.165) is 48.6 Å². The van der Waals surface area contributed by atoms with E-state index in [1.54, 1.807) is 11.7 Å². The zero-order valence-corrected chi connectivity index (χ0v) is 20.7. The lowest BCUT2D eigenvalue weighted by Crippen LogP contribution is -2.42. The molecule has 1 saturated carbocycles. The molecule has 3 rings (SSSR count). The van der Waals surface area contributed by atoms with E-state index in [4.69, 9.17) is 4.74 Å². The molecule has 0 bridgehead atoms. The number of benzene rings is 1. The van der Waals surface area contributed by atoms with E-state index in [1.807, 2.05) is 29.2 Å². The third-order valence-corrected chi connectivity index (χ3v) is 6.41. The van der Waals surface area contributed by atoms with Crippen molar-refractivity contribution in [2.24, 2.45) is 11.3 Å². The second-order valence-electron chi connectivity index (χ2n) is 11.0. The molecule has 0 unspecified atom stereocenters. The maximum atomic E-state index is 13.6. The van der Waals surface area contributed by atoms with E-state index in [2.05, 4.69) is 34.6 Å². The van der Waals surface area contributed by atoms with Gasteiger partial charge in [0.15, 0.2) is 0 Å². The molecule has 5 heteroatoms. The largest absolute Gasteiger partial charge is 0.497 e. The van der Waals surface area contributed by atoms with E-state index in [-0.39, 0.29) is 23.4 Å². The van der Waals surface area contributed by atoms with Crippen molar-refractivity contribution in [3.8, 4) is 5.75 Å². The van der Waals surface area contributed by atoms with Crippen LogP contribution < -0.4 is 10.3 Å². The van der Waals surface area contributed by atoms with Crippen LogP contribution in [0.1, 0.15) is 78.2 Å². The lowest BCUT2D eigenvalue weighted by molar-refractivity contribution is -0.133. The highest BCUT2D eigenvalue weighted by Gasteiger charge is 2.25. The fourth-order valence-corrected chi connectivity index (χ4v) is 4.70. The molecule has 1 heterocycles. The lowest BCUT2D eigenvalue weighted by atomic mass is 9.95. The van der Waals surface area contributed by atoms with Crippen molar-refractivity contribution in [3.63, 3.8) is 0 Å². The normalized spacial score (nSPS) is 15.0. The van der Waals surface area contributed by atoms with Gasteiger partial charge >= 0.3 is 0 Å². The van der Waals surface area contributed by atoms with Crippen LogP contribution in [0.25, 0.3) is 10.9 Å². The monoisotopic (exact) mass is 440 g/mol. The van der Waals surface area contributed by atoms with Crippen molar-refractivity contribution in [3.05, 3.63) is 40.2 Å². The summed E-state index contributed by atoms with van der Waals surface area (Å²) in [6.45, 7) is 12.3. The number of hydrogen-bond acceptors (Lipinski definition) is 3. The number of pyridine rings is 1. The predicted molar refractivity (Wildman–Crippen MR) is 131 cm³/mol. The van der Waals surface area contributed by atoms with Crippen LogP contribution in [0.4, 0.5) is 0 Å². The van der Waals surface area contributed by atoms with Crippen molar-refractivity contribution in [2.75, 3.05) is 20.2 Å². The number of amides is 1. The minimum Gasteiger partial charge on any atom is -0.497 e. The molecule has 1 fully saturated rings. The fourth-order valence-electron chi connectivity index (χ4n) is 4.70. The molecule has 0 spiro atoms. The van der Waals surface area contributed by atoms with Crippen molar-refractivity contribution in [1.29, 1.82) is 0 Å². The minimum absolute atomic E-state index is 0.00537. The summed E-state index contributed by atoms with van der Waals surface area (Å²) in [6, 6.07) is 7.84. The zero-order valence-electron chi connectivity index (χ0n) is 20.7. The van der Waals surface area contributed by atoms with Crippen LogP contribution in [0.3, 0.4) is 0 Å². The van der Waals surface area contributed by atoms with E-state index >= 15 is 0 Å². The first-order valence-corrected chi connectivity index (χ1v) is 12.1. The van der Waals surface area contributed by atoms with Crippen LogP contribution in [0.2, 0.25) is 0 Å². The van der Waals surface area contributed by atoms with Crippen molar-refractivity contribution < 1.29 is 9.53 Å². The molecule has 0 radical (unpaired) electrons. The third-order valence-electron chi connectivity index (χ3n) is 6.41. The standard InChI is InChI=1S/C27H40N2O3/c1-19(2)13-14-28(18-27(3,4)5)25(30)17-29-24-16-22(32-6)12-11-21(24)15-23(26(29)31)20-9-7-8-10-20/h11-12,15-16,19-20H,7-10,13-14,17-18H2,1-6H3. The van der Waals surface area contributed by atoms with Crippen LogP contribution >= 0.6 is 0 Å². The molecule has 1 amide bonds. The highest BCUT2D eigenvalue weighted by atomic mass is 16.5. The quantitative estimate of drug-likeness (QED) is 0.538. The number of fused-ring (bicyclic) bond motifs is 1. The van der Waals surface area contributed by atoms with Gasteiger partial charge in [0.2, 0.25) is 5.91 Å². The van der Waals surface area contributed by atoms with Gasteiger partial charge in [-0.25, -0.2) is 0 Å². The highest BCUT2D eigenvalue weighted by molar-refractivity contribution is 5.84. The summed E-state index contributed by atoms with van der Waals surface area (Å²) >= 11 is 0. The third kappa shape index (κ3) is 5.93. The smallest absolute Gasteiger partial charge is 0.255 e. The average molecular weight is 441 g/mol. The van der Waals surface area contributed by atoms with E-state index in [1.165, 1.54) is 0 Å². The summed E-state index contributed by atoms with van der Waals surface area (Å²) in [5.41, 5.74) is 1.60. The molecule has 0 saturated heterocycles. The summed E-state index contributed by atoms with van der Waals surface area (Å²) in [5, 5.41) is 0.990. The van der Waals surface area contributed by atoms with Gasteiger partial charge in [-0.15, -0.1) is 0 Å². The molecule has 0 N–H and O–H groups in total. The van der Waals surface area contributed by atoms with Crippen molar-refractivity contribution >= 4 is 16.8 Å². The summed E-state index contributed by atoms with van der Waals surface area (Å²) in [6.07, 6.45) is 5.38. The number of carbonyl (C=O) groups is 1.